The molecular formula is C13H23N3OS. The van der Waals surface area contributed by atoms with Gasteiger partial charge in [-0.1, -0.05) is 0 Å². The number of nitrogens with zero attached hydrogens (tertiary/aromatic N) is 2. The maximum atomic E-state index is 5.58. The molecule has 0 radical (unpaired) electrons. The SMILES string of the molecule is CC1CC(c2nnc(CCNC(C)(C)C)s2)CO1. The van der Waals surface area contributed by atoms with E-state index in [4.69, 9.17) is 4.74 Å². The van der Waals surface area contributed by atoms with Crippen molar-refractivity contribution < 1.29 is 4.74 Å². The fourth-order valence-corrected chi connectivity index (χ4v) is 3.01. The van der Waals surface area contributed by atoms with Gasteiger partial charge in [-0.15, -0.1) is 21.5 Å². The summed E-state index contributed by atoms with van der Waals surface area (Å²) >= 11 is 1.74. The normalized spacial score (nSPS) is 24.7. The van der Waals surface area contributed by atoms with Crippen molar-refractivity contribution in [3.63, 3.8) is 0 Å². The van der Waals surface area contributed by atoms with Crippen LogP contribution in [0.2, 0.25) is 0 Å². The van der Waals surface area contributed by atoms with Gasteiger partial charge in [-0.2, -0.15) is 0 Å². The molecule has 1 saturated heterocycles. The molecule has 1 aromatic heterocycles. The van der Waals surface area contributed by atoms with Crippen LogP contribution in [-0.2, 0) is 11.2 Å². The minimum atomic E-state index is 0.169. The van der Waals surface area contributed by atoms with Crippen LogP contribution in [0.15, 0.2) is 0 Å². The Hall–Kier alpha value is -0.520. The zero-order chi connectivity index (χ0) is 13.2. The second-order valence-electron chi connectivity index (χ2n) is 6.04. The van der Waals surface area contributed by atoms with Crippen molar-refractivity contribution in [2.75, 3.05) is 13.2 Å². The Morgan fingerprint density at radius 2 is 2.17 bits per heavy atom. The molecule has 4 nitrogen and oxygen atoms in total. The molecule has 1 aromatic rings. The average molecular weight is 269 g/mol. The van der Waals surface area contributed by atoms with Gasteiger partial charge in [0.15, 0.2) is 0 Å². The molecule has 0 aliphatic carbocycles. The van der Waals surface area contributed by atoms with E-state index in [9.17, 15) is 0 Å². The number of hydrogen-bond donors (Lipinski definition) is 1. The first-order valence-corrected chi connectivity index (χ1v) is 7.44. The van der Waals surface area contributed by atoms with E-state index in [0.29, 0.717) is 12.0 Å². The second kappa shape index (κ2) is 5.63. The summed E-state index contributed by atoms with van der Waals surface area (Å²) in [4.78, 5) is 0. The van der Waals surface area contributed by atoms with Crippen LogP contribution in [-0.4, -0.2) is 35.0 Å². The molecule has 0 spiro atoms. The van der Waals surface area contributed by atoms with E-state index >= 15 is 0 Å². The monoisotopic (exact) mass is 269 g/mol. The largest absolute Gasteiger partial charge is 0.378 e. The van der Waals surface area contributed by atoms with Crippen molar-refractivity contribution in [2.45, 2.75) is 58.1 Å². The molecule has 2 unspecified atom stereocenters. The smallest absolute Gasteiger partial charge is 0.122 e. The Bertz CT molecular complexity index is 386. The Balaban J connectivity index is 1.83. The zero-order valence-electron chi connectivity index (χ0n) is 11.7. The summed E-state index contributed by atoms with van der Waals surface area (Å²) in [6.07, 6.45) is 2.40. The highest BCUT2D eigenvalue weighted by atomic mass is 32.1. The summed E-state index contributed by atoms with van der Waals surface area (Å²) in [5.41, 5.74) is 0.169. The highest BCUT2D eigenvalue weighted by Gasteiger charge is 2.26. The molecule has 0 aromatic carbocycles. The first-order chi connectivity index (χ1) is 8.44. The molecule has 2 heterocycles. The molecule has 1 fully saturated rings. The van der Waals surface area contributed by atoms with Gasteiger partial charge in [-0.25, -0.2) is 0 Å². The first-order valence-electron chi connectivity index (χ1n) is 6.63. The molecule has 0 saturated carbocycles. The molecule has 102 valence electrons. The number of nitrogens with one attached hydrogen (secondary N) is 1. The Morgan fingerprint density at radius 1 is 1.39 bits per heavy atom. The summed E-state index contributed by atoms with van der Waals surface area (Å²) in [6, 6.07) is 0. The molecule has 2 rings (SSSR count). The highest BCUT2D eigenvalue weighted by molar-refractivity contribution is 7.11. The molecule has 0 amide bonds. The molecule has 18 heavy (non-hydrogen) atoms. The van der Waals surface area contributed by atoms with Gasteiger partial charge in [-0.05, 0) is 34.1 Å². The Kier molecular flexibility index (Phi) is 4.35. The fraction of sp³-hybridized carbons (Fsp3) is 0.846. The number of rotatable bonds is 4. The Labute approximate surface area is 113 Å². The minimum absolute atomic E-state index is 0.169. The van der Waals surface area contributed by atoms with Crippen molar-refractivity contribution in [1.82, 2.24) is 15.5 Å². The number of ether oxygens (including phenoxy) is 1. The summed E-state index contributed by atoms with van der Waals surface area (Å²) < 4.78 is 5.58. The predicted molar refractivity (Wildman–Crippen MR) is 74.1 cm³/mol. The predicted octanol–water partition coefficient (Wildman–Crippen LogP) is 2.36. The van der Waals surface area contributed by atoms with Crippen molar-refractivity contribution in [1.29, 1.82) is 0 Å². The second-order valence-corrected chi connectivity index (χ2v) is 7.13. The zero-order valence-corrected chi connectivity index (χ0v) is 12.5. The molecule has 1 aliphatic heterocycles. The average Bonchev–Trinajstić information content (AvgIpc) is 2.85. The van der Waals surface area contributed by atoms with Crippen LogP contribution in [0.1, 0.15) is 50.0 Å². The van der Waals surface area contributed by atoms with Gasteiger partial charge in [-0.3, -0.25) is 0 Å². The van der Waals surface area contributed by atoms with Crippen LogP contribution in [0, 0.1) is 0 Å². The van der Waals surface area contributed by atoms with Crippen molar-refractivity contribution in [2.24, 2.45) is 0 Å². The van der Waals surface area contributed by atoms with E-state index in [1.807, 2.05) is 0 Å². The standard InChI is InChI=1S/C13H23N3OS/c1-9-7-10(8-17-9)12-16-15-11(18-12)5-6-14-13(2,3)4/h9-10,14H,5-8H2,1-4H3. The lowest BCUT2D eigenvalue weighted by Gasteiger charge is -2.19. The van der Waals surface area contributed by atoms with Crippen molar-refractivity contribution >= 4 is 11.3 Å². The molecule has 5 heteroatoms. The molecule has 1 aliphatic rings. The van der Waals surface area contributed by atoms with Gasteiger partial charge in [0.25, 0.3) is 0 Å². The fourth-order valence-electron chi connectivity index (χ4n) is 2.07. The molecule has 1 N–H and O–H groups in total. The number of hydrogen-bond acceptors (Lipinski definition) is 5. The maximum Gasteiger partial charge on any atom is 0.122 e. The lowest BCUT2D eigenvalue weighted by atomic mass is 10.1. The highest BCUT2D eigenvalue weighted by Crippen LogP contribution is 2.30. The summed E-state index contributed by atoms with van der Waals surface area (Å²) in [5, 5.41) is 14.3. The van der Waals surface area contributed by atoms with Crippen LogP contribution >= 0.6 is 11.3 Å². The summed E-state index contributed by atoms with van der Waals surface area (Å²) in [7, 11) is 0. The van der Waals surface area contributed by atoms with Crippen LogP contribution in [0.4, 0.5) is 0 Å². The summed E-state index contributed by atoms with van der Waals surface area (Å²) in [5.74, 6) is 0.460. The lowest BCUT2D eigenvalue weighted by Crippen LogP contribution is -2.37. The van der Waals surface area contributed by atoms with Gasteiger partial charge >= 0.3 is 0 Å². The van der Waals surface area contributed by atoms with Crippen LogP contribution in [0.5, 0.6) is 0 Å². The van der Waals surface area contributed by atoms with Gasteiger partial charge < -0.3 is 10.1 Å². The lowest BCUT2D eigenvalue weighted by molar-refractivity contribution is 0.123. The summed E-state index contributed by atoms with van der Waals surface area (Å²) in [6.45, 7) is 10.4. The maximum absolute atomic E-state index is 5.58. The minimum Gasteiger partial charge on any atom is -0.378 e. The van der Waals surface area contributed by atoms with E-state index in [0.717, 1.165) is 36.0 Å². The first kappa shape index (κ1) is 13.9. The third kappa shape index (κ3) is 4.00. The topological polar surface area (TPSA) is 47.0 Å². The van der Waals surface area contributed by atoms with Crippen LogP contribution in [0.25, 0.3) is 0 Å². The van der Waals surface area contributed by atoms with Gasteiger partial charge in [0.05, 0.1) is 12.7 Å². The third-order valence-corrected chi connectivity index (χ3v) is 4.17. The van der Waals surface area contributed by atoms with E-state index in [-0.39, 0.29) is 5.54 Å². The van der Waals surface area contributed by atoms with E-state index in [1.54, 1.807) is 11.3 Å². The van der Waals surface area contributed by atoms with Gasteiger partial charge in [0, 0.05) is 24.4 Å². The van der Waals surface area contributed by atoms with E-state index < -0.39 is 0 Å². The van der Waals surface area contributed by atoms with Crippen molar-refractivity contribution in [3.8, 4) is 0 Å². The van der Waals surface area contributed by atoms with Crippen LogP contribution < -0.4 is 5.32 Å². The van der Waals surface area contributed by atoms with Crippen LogP contribution in [0.3, 0.4) is 0 Å². The van der Waals surface area contributed by atoms with E-state index in [1.165, 1.54) is 0 Å². The Morgan fingerprint density at radius 3 is 2.78 bits per heavy atom. The van der Waals surface area contributed by atoms with Crippen molar-refractivity contribution in [3.05, 3.63) is 10.0 Å². The van der Waals surface area contributed by atoms with E-state index in [2.05, 4.69) is 43.2 Å². The molecule has 0 bridgehead atoms. The molecule has 2 atom stereocenters. The quantitative estimate of drug-likeness (QED) is 0.911. The third-order valence-electron chi connectivity index (χ3n) is 3.02. The molecular weight excluding hydrogens is 246 g/mol. The number of aromatic nitrogens is 2. The van der Waals surface area contributed by atoms with Gasteiger partial charge in [0.2, 0.25) is 0 Å². The van der Waals surface area contributed by atoms with Gasteiger partial charge in [0.1, 0.15) is 10.0 Å².